The van der Waals surface area contributed by atoms with E-state index in [-0.39, 0.29) is 0 Å². The molecule has 6 heteroatoms. The predicted molar refractivity (Wildman–Crippen MR) is 105 cm³/mol. The van der Waals surface area contributed by atoms with E-state index in [1.165, 1.54) is 6.42 Å². The lowest BCUT2D eigenvalue weighted by Gasteiger charge is -2.30. The number of guanidine groups is 1. The van der Waals surface area contributed by atoms with Crippen LogP contribution in [0.2, 0.25) is 0 Å². The third-order valence-corrected chi connectivity index (χ3v) is 4.65. The second-order valence-corrected chi connectivity index (χ2v) is 7.33. The number of nitrogens with zero attached hydrogens (tertiary/aromatic N) is 3. The summed E-state index contributed by atoms with van der Waals surface area (Å²) in [6.07, 6.45) is 1.17. The van der Waals surface area contributed by atoms with E-state index in [4.69, 9.17) is 14.5 Å². The SMILES string of the molecule is CCNC(=NCCN(C(C)C)C(C)C)N1CCC(COCCOC)C1. The molecule has 0 amide bonds. The summed E-state index contributed by atoms with van der Waals surface area (Å²) in [4.78, 5) is 9.74. The molecule has 1 heterocycles. The van der Waals surface area contributed by atoms with E-state index < -0.39 is 0 Å². The summed E-state index contributed by atoms with van der Waals surface area (Å²) in [6, 6.07) is 1.11. The van der Waals surface area contributed by atoms with E-state index in [1.807, 2.05) is 0 Å². The zero-order chi connectivity index (χ0) is 18.7. The van der Waals surface area contributed by atoms with Crippen LogP contribution < -0.4 is 5.32 Å². The van der Waals surface area contributed by atoms with E-state index in [2.05, 4.69) is 49.7 Å². The van der Waals surface area contributed by atoms with Crippen molar-refractivity contribution in [3.63, 3.8) is 0 Å². The van der Waals surface area contributed by atoms with Gasteiger partial charge in [-0.2, -0.15) is 0 Å². The molecule has 1 aliphatic heterocycles. The lowest BCUT2D eigenvalue weighted by atomic mass is 10.1. The number of ether oxygens (including phenoxy) is 2. The van der Waals surface area contributed by atoms with Crippen molar-refractivity contribution >= 4 is 5.96 Å². The van der Waals surface area contributed by atoms with Gasteiger partial charge in [0.25, 0.3) is 0 Å². The number of rotatable bonds is 11. The summed E-state index contributed by atoms with van der Waals surface area (Å²) in [5.41, 5.74) is 0. The average Bonchev–Trinajstić information content (AvgIpc) is 3.02. The summed E-state index contributed by atoms with van der Waals surface area (Å²) in [6.45, 7) is 18.1. The van der Waals surface area contributed by atoms with Gasteiger partial charge in [-0.3, -0.25) is 9.89 Å². The zero-order valence-electron chi connectivity index (χ0n) is 17.3. The van der Waals surface area contributed by atoms with Gasteiger partial charge in [0.15, 0.2) is 5.96 Å². The summed E-state index contributed by atoms with van der Waals surface area (Å²) in [7, 11) is 1.71. The molecular formula is C19H40N4O2. The van der Waals surface area contributed by atoms with Gasteiger partial charge < -0.3 is 19.7 Å². The highest BCUT2D eigenvalue weighted by Crippen LogP contribution is 2.16. The smallest absolute Gasteiger partial charge is 0.193 e. The molecule has 1 fully saturated rings. The molecule has 148 valence electrons. The van der Waals surface area contributed by atoms with Crippen LogP contribution in [0.3, 0.4) is 0 Å². The lowest BCUT2D eigenvalue weighted by Crippen LogP contribution is -2.42. The van der Waals surface area contributed by atoms with Crippen molar-refractivity contribution in [2.75, 3.05) is 59.7 Å². The van der Waals surface area contributed by atoms with Gasteiger partial charge >= 0.3 is 0 Å². The Balaban J connectivity index is 2.47. The van der Waals surface area contributed by atoms with Crippen LogP contribution in [0.4, 0.5) is 0 Å². The Bertz CT molecular complexity index is 366. The van der Waals surface area contributed by atoms with Gasteiger partial charge in [0, 0.05) is 51.3 Å². The molecule has 1 saturated heterocycles. The van der Waals surface area contributed by atoms with Crippen LogP contribution in [0.25, 0.3) is 0 Å². The topological polar surface area (TPSA) is 49.3 Å². The largest absolute Gasteiger partial charge is 0.382 e. The molecule has 1 N–H and O–H groups in total. The Morgan fingerprint density at radius 2 is 1.96 bits per heavy atom. The number of methoxy groups -OCH3 is 1. The fourth-order valence-electron chi connectivity index (χ4n) is 3.36. The zero-order valence-corrected chi connectivity index (χ0v) is 17.3. The first-order chi connectivity index (χ1) is 12.0. The quantitative estimate of drug-likeness (QED) is 0.349. The number of likely N-dealkylation sites (tertiary alicyclic amines) is 1. The summed E-state index contributed by atoms with van der Waals surface area (Å²) >= 11 is 0. The second-order valence-electron chi connectivity index (χ2n) is 7.33. The Morgan fingerprint density at radius 1 is 1.24 bits per heavy atom. The molecule has 25 heavy (non-hydrogen) atoms. The minimum atomic E-state index is 0.554. The standard InChI is InChI=1S/C19H40N4O2/c1-7-20-19(21-9-11-23(16(2)3)17(4)5)22-10-8-18(14-22)15-25-13-12-24-6/h16-18H,7-15H2,1-6H3,(H,20,21). The fourth-order valence-corrected chi connectivity index (χ4v) is 3.36. The van der Waals surface area contributed by atoms with Crippen molar-refractivity contribution in [3.8, 4) is 0 Å². The van der Waals surface area contributed by atoms with Crippen LogP contribution in [-0.2, 0) is 9.47 Å². The van der Waals surface area contributed by atoms with Gasteiger partial charge in [-0.05, 0) is 41.0 Å². The average molecular weight is 357 g/mol. The Labute approximate surface area is 154 Å². The highest BCUT2D eigenvalue weighted by Gasteiger charge is 2.25. The molecule has 0 aromatic rings. The normalized spacial score (nSPS) is 18.8. The maximum atomic E-state index is 5.69. The van der Waals surface area contributed by atoms with Gasteiger partial charge in [0.2, 0.25) is 0 Å². The van der Waals surface area contributed by atoms with Crippen molar-refractivity contribution < 1.29 is 9.47 Å². The Kier molecular flexibility index (Phi) is 11.1. The summed E-state index contributed by atoms with van der Waals surface area (Å²) in [5, 5.41) is 3.45. The van der Waals surface area contributed by atoms with Crippen LogP contribution in [0.1, 0.15) is 41.0 Å². The van der Waals surface area contributed by atoms with Gasteiger partial charge in [-0.25, -0.2) is 0 Å². The molecule has 0 radical (unpaired) electrons. The highest BCUT2D eigenvalue weighted by atomic mass is 16.5. The molecule has 1 unspecified atom stereocenters. The minimum absolute atomic E-state index is 0.554. The predicted octanol–water partition coefficient (Wildman–Crippen LogP) is 2.06. The van der Waals surface area contributed by atoms with E-state index in [9.17, 15) is 0 Å². The third-order valence-electron chi connectivity index (χ3n) is 4.65. The number of hydrogen-bond acceptors (Lipinski definition) is 4. The van der Waals surface area contributed by atoms with Crippen LogP contribution in [0, 0.1) is 5.92 Å². The van der Waals surface area contributed by atoms with E-state index in [0.717, 1.165) is 45.3 Å². The van der Waals surface area contributed by atoms with E-state index >= 15 is 0 Å². The van der Waals surface area contributed by atoms with E-state index in [1.54, 1.807) is 7.11 Å². The molecule has 0 saturated carbocycles. The first-order valence-corrected chi connectivity index (χ1v) is 9.85. The lowest BCUT2D eigenvalue weighted by molar-refractivity contribution is 0.0536. The Morgan fingerprint density at radius 3 is 2.56 bits per heavy atom. The van der Waals surface area contributed by atoms with Gasteiger partial charge in [0.05, 0.1) is 26.4 Å². The van der Waals surface area contributed by atoms with Crippen molar-refractivity contribution in [3.05, 3.63) is 0 Å². The molecule has 0 spiro atoms. The number of nitrogens with one attached hydrogen (secondary N) is 1. The van der Waals surface area contributed by atoms with Crippen molar-refractivity contribution in [1.82, 2.24) is 15.1 Å². The monoisotopic (exact) mass is 356 g/mol. The summed E-state index contributed by atoms with van der Waals surface area (Å²) in [5.74, 6) is 1.64. The molecule has 1 atom stereocenters. The van der Waals surface area contributed by atoms with Crippen LogP contribution in [-0.4, -0.2) is 87.5 Å². The minimum Gasteiger partial charge on any atom is -0.382 e. The molecule has 0 aromatic heterocycles. The maximum absolute atomic E-state index is 5.69. The van der Waals surface area contributed by atoms with Crippen molar-refractivity contribution in [2.24, 2.45) is 10.9 Å². The molecule has 6 nitrogen and oxygen atoms in total. The highest BCUT2D eigenvalue weighted by molar-refractivity contribution is 5.80. The Hall–Kier alpha value is -0.850. The first kappa shape index (κ1) is 22.2. The number of aliphatic imine (C=N–C) groups is 1. The number of hydrogen-bond donors (Lipinski definition) is 1. The molecule has 0 aromatic carbocycles. The van der Waals surface area contributed by atoms with Crippen LogP contribution in [0.15, 0.2) is 4.99 Å². The molecule has 0 bridgehead atoms. The van der Waals surface area contributed by atoms with Crippen molar-refractivity contribution in [1.29, 1.82) is 0 Å². The molecule has 0 aliphatic carbocycles. The molecule has 1 aliphatic rings. The first-order valence-electron chi connectivity index (χ1n) is 9.85. The molecular weight excluding hydrogens is 316 g/mol. The van der Waals surface area contributed by atoms with Crippen LogP contribution in [0.5, 0.6) is 0 Å². The molecule has 1 rings (SSSR count). The van der Waals surface area contributed by atoms with Crippen molar-refractivity contribution in [2.45, 2.75) is 53.1 Å². The second kappa shape index (κ2) is 12.5. The van der Waals surface area contributed by atoms with Gasteiger partial charge in [-0.15, -0.1) is 0 Å². The van der Waals surface area contributed by atoms with Gasteiger partial charge in [-0.1, -0.05) is 0 Å². The van der Waals surface area contributed by atoms with Gasteiger partial charge in [0.1, 0.15) is 0 Å². The van der Waals surface area contributed by atoms with Crippen LogP contribution >= 0.6 is 0 Å². The maximum Gasteiger partial charge on any atom is 0.193 e. The summed E-state index contributed by atoms with van der Waals surface area (Å²) < 4.78 is 10.7. The fraction of sp³-hybridized carbons (Fsp3) is 0.947. The van der Waals surface area contributed by atoms with E-state index in [0.29, 0.717) is 31.2 Å². The third kappa shape index (κ3) is 8.38.